The monoisotopic (exact) mass is 271 g/mol. The van der Waals surface area contributed by atoms with E-state index < -0.39 is 0 Å². The molecular formula is C15H21N5. The number of rotatable bonds is 3. The summed E-state index contributed by atoms with van der Waals surface area (Å²) in [5.74, 6) is 2.51. The molecule has 5 nitrogen and oxygen atoms in total. The van der Waals surface area contributed by atoms with Crippen molar-refractivity contribution in [2.75, 3.05) is 13.1 Å². The van der Waals surface area contributed by atoms with Gasteiger partial charge in [0.05, 0.1) is 6.54 Å². The SMILES string of the molecule is Cc1nccc([C@@H]2CCCN(Cc3nccn3C)C2)n1. The fourth-order valence-corrected chi connectivity index (χ4v) is 2.89. The zero-order valence-corrected chi connectivity index (χ0v) is 12.2. The van der Waals surface area contributed by atoms with Crippen LogP contribution in [0.4, 0.5) is 0 Å². The highest BCUT2D eigenvalue weighted by atomic mass is 15.2. The van der Waals surface area contributed by atoms with Crippen LogP contribution in [0.15, 0.2) is 24.7 Å². The molecule has 0 amide bonds. The van der Waals surface area contributed by atoms with E-state index in [9.17, 15) is 0 Å². The minimum Gasteiger partial charge on any atom is -0.337 e. The molecule has 0 N–H and O–H groups in total. The standard InChI is InChI=1S/C15H21N5/c1-12-16-6-5-14(18-12)13-4-3-8-20(10-13)11-15-17-7-9-19(15)2/h5-7,9,13H,3-4,8,10-11H2,1-2H3/t13-/m1/s1. The van der Waals surface area contributed by atoms with Crippen LogP contribution in [0.2, 0.25) is 0 Å². The molecule has 1 aliphatic heterocycles. The van der Waals surface area contributed by atoms with Gasteiger partial charge in [-0.3, -0.25) is 4.90 Å². The van der Waals surface area contributed by atoms with Crippen molar-refractivity contribution < 1.29 is 0 Å². The summed E-state index contributed by atoms with van der Waals surface area (Å²) >= 11 is 0. The van der Waals surface area contributed by atoms with Gasteiger partial charge < -0.3 is 4.57 Å². The van der Waals surface area contributed by atoms with Crippen molar-refractivity contribution >= 4 is 0 Å². The molecule has 3 rings (SSSR count). The van der Waals surface area contributed by atoms with Crippen molar-refractivity contribution in [3.05, 3.63) is 42.0 Å². The minimum absolute atomic E-state index is 0.519. The molecule has 0 radical (unpaired) electrons. The average Bonchev–Trinajstić information content (AvgIpc) is 2.85. The third-order valence-corrected chi connectivity index (χ3v) is 4.01. The fourth-order valence-electron chi connectivity index (χ4n) is 2.89. The molecule has 2 aromatic rings. The topological polar surface area (TPSA) is 46.8 Å². The van der Waals surface area contributed by atoms with Crippen LogP contribution in [0, 0.1) is 6.92 Å². The van der Waals surface area contributed by atoms with Gasteiger partial charge in [-0.2, -0.15) is 0 Å². The summed E-state index contributed by atoms with van der Waals surface area (Å²) in [5, 5.41) is 0. The summed E-state index contributed by atoms with van der Waals surface area (Å²) in [4.78, 5) is 15.7. The van der Waals surface area contributed by atoms with Crippen molar-refractivity contribution in [2.45, 2.75) is 32.2 Å². The Labute approximate surface area is 119 Å². The molecule has 20 heavy (non-hydrogen) atoms. The number of imidazole rings is 1. The molecule has 1 saturated heterocycles. The highest BCUT2D eigenvalue weighted by Crippen LogP contribution is 2.26. The molecule has 1 fully saturated rings. The molecule has 5 heteroatoms. The number of piperidine rings is 1. The van der Waals surface area contributed by atoms with Crippen molar-refractivity contribution in [1.82, 2.24) is 24.4 Å². The number of hydrogen-bond acceptors (Lipinski definition) is 4. The van der Waals surface area contributed by atoms with Crippen LogP contribution in [0.25, 0.3) is 0 Å². The van der Waals surface area contributed by atoms with E-state index in [2.05, 4.69) is 37.5 Å². The maximum absolute atomic E-state index is 4.59. The highest BCUT2D eigenvalue weighted by molar-refractivity contribution is 5.10. The number of nitrogens with zero attached hydrogens (tertiary/aromatic N) is 5. The van der Waals surface area contributed by atoms with E-state index in [4.69, 9.17) is 0 Å². The molecule has 106 valence electrons. The summed E-state index contributed by atoms with van der Waals surface area (Å²) in [5.41, 5.74) is 1.18. The van der Waals surface area contributed by atoms with Crippen molar-refractivity contribution in [3.63, 3.8) is 0 Å². The van der Waals surface area contributed by atoms with Crippen LogP contribution in [-0.2, 0) is 13.6 Å². The van der Waals surface area contributed by atoms with E-state index >= 15 is 0 Å². The van der Waals surface area contributed by atoms with Gasteiger partial charge in [0.15, 0.2) is 0 Å². The van der Waals surface area contributed by atoms with Gasteiger partial charge >= 0.3 is 0 Å². The molecule has 0 saturated carbocycles. The first kappa shape index (κ1) is 13.2. The van der Waals surface area contributed by atoms with Gasteiger partial charge in [-0.1, -0.05) is 0 Å². The normalized spacial score (nSPS) is 20.2. The van der Waals surface area contributed by atoms with Gasteiger partial charge in [0.2, 0.25) is 0 Å². The van der Waals surface area contributed by atoms with Crippen LogP contribution in [0.1, 0.15) is 36.1 Å². The van der Waals surface area contributed by atoms with E-state index in [0.717, 1.165) is 31.3 Å². The largest absolute Gasteiger partial charge is 0.337 e. The van der Waals surface area contributed by atoms with E-state index in [0.29, 0.717) is 5.92 Å². The number of aromatic nitrogens is 4. The van der Waals surface area contributed by atoms with E-state index in [-0.39, 0.29) is 0 Å². The Kier molecular flexibility index (Phi) is 3.78. The molecular weight excluding hydrogens is 250 g/mol. The number of likely N-dealkylation sites (tertiary alicyclic amines) is 1. The smallest absolute Gasteiger partial charge is 0.125 e. The maximum atomic E-state index is 4.59. The lowest BCUT2D eigenvalue weighted by Gasteiger charge is -2.32. The van der Waals surface area contributed by atoms with Gasteiger partial charge in [0.25, 0.3) is 0 Å². The van der Waals surface area contributed by atoms with Crippen LogP contribution in [0.3, 0.4) is 0 Å². The van der Waals surface area contributed by atoms with E-state index in [1.807, 2.05) is 25.5 Å². The van der Waals surface area contributed by atoms with Crippen LogP contribution in [0.5, 0.6) is 0 Å². The first-order valence-corrected chi connectivity index (χ1v) is 7.20. The van der Waals surface area contributed by atoms with Gasteiger partial charge in [0.1, 0.15) is 11.6 Å². The Morgan fingerprint density at radius 1 is 1.30 bits per heavy atom. The van der Waals surface area contributed by atoms with Crippen LogP contribution >= 0.6 is 0 Å². The Morgan fingerprint density at radius 2 is 2.20 bits per heavy atom. The summed E-state index contributed by atoms with van der Waals surface area (Å²) in [6.07, 6.45) is 8.18. The van der Waals surface area contributed by atoms with E-state index in [1.165, 1.54) is 18.5 Å². The predicted molar refractivity (Wildman–Crippen MR) is 77.2 cm³/mol. The summed E-state index contributed by atoms with van der Waals surface area (Å²) in [6, 6.07) is 2.06. The molecule has 0 unspecified atom stereocenters. The zero-order chi connectivity index (χ0) is 13.9. The molecule has 3 heterocycles. The second-order valence-corrected chi connectivity index (χ2v) is 5.56. The van der Waals surface area contributed by atoms with Crippen LogP contribution in [-0.4, -0.2) is 37.5 Å². The Morgan fingerprint density at radius 3 is 2.95 bits per heavy atom. The van der Waals surface area contributed by atoms with Crippen LogP contribution < -0.4 is 0 Å². The average molecular weight is 271 g/mol. The molecule has 0 aliphatic carbocycles. The molecule has 0 bridgehead atoms. The molecule has 1 atom stereocenters. The third kappa shape index (κ3) is 2.88. The van der Waals surface area contributed by atoms with Gasteiger partial charge in [-0.05, 0) is 32.4 Å². The Hall–Kier alpha value is -1.75. The van der Waals surface area contributed by atoms with Gasteiger partial charge in [0, 0.05) is 43.8 Å². The quantitative estimate of drug-likeness (QED) is 0.855. The molecule has 2 aromatic heterocycles. The van der Waals surface area contributed by atoms with E-state index in [1.54, 1.807) is 0 Å². The van der Waals surface area contributed by atoms with Crippen molar-refractivity contribution in [2.24, 2.45) is 7.05 Å². The second-order valence-electron chi connectivity index (χ2n) is 5.56. The molecule has 1 aliphatic rings. The summed E-state index contributed by atoms with van der Waals surface area (Å²) in [6.45, 7) is 5.08. The lowest BCUT2D eigenvalue weighted by Crippen LogP contribution is -2.35. The molecule has 0 aromatic carbocycles. The lowest BCUT2D eigenvalue weighted by atomic mass is 9.94. The predicted octanol–water partition coefficient (Wildman–Crippen LogP) is 1.90. The third-order valence-electron chi connectivity index (χ3n) is 4.01. The maximum Gasteiger partial charge on any atom is 0.125 e. The number of aryl methyl sites for hydroxylation is 2. The second kappa shape index (κ2) is 5.71. The summed E-state index contributed by atoms with van der Waals surface area (Å²) < 4.78 is 2.10. The first-order chi connectivity index (χ1) is 9.72. The van der Waals surface area contributed by atoms with Crippen molar-refractivity contribution in [1.29, 1.82) is 0 Å². The first-order valence-electron chi connectivity index (χ1n) is 7.20. The Bertz CT molecular complexity index is 577. The minimum atomic E-state index is 0.519. The van der Waals surface area contributed by atoms with Gasteiger partial charge in [-0.15, -0.1) is 0 Å². The number of hydrogen-bond donors (Lipinski definition) is 0. The van der Waals surface area contributed by atoms with Crippen molar-refractivity contribution in [3.8, 4) is 0 Å². The lowest BCUT2D eigenvalue weighted by molar-refractivity contribution is 0.192. The zero-order valence-electron chi connectivity index (χ0n) is 12.2. The Balaban J connectivity index is 1.69. The highest BCUT2D eigenvalue weighted by Gasteiger charge is 2.23. The summed E-state index contributed by atoms with van der Waals surface area (Å²) in [7, 11) is 2.05. The molecule has 0 spiro atoms. The van der Waals surface area contributed by atoms with Gasteiger partial charge in [-0.25, -0.2) is 15.0 Å². The fraction of sp³-hybridized carbons (Fsp3) is 0.533.